The van der Waals surface area contributed by atoms with Gasteiger partial charge in [0.1, 0.15) is 24.8 Å². The molecule has 198 valence electrons. The van der Waals surface area contributed by atoms with Gasteiger partial charge < -0.3 is 20.1 Å². The first-order valence-corrected chi connectivity index (χ1v) is 15.3. The molecule has 1 saturated heterocycles. The van der Waals surface area contributed by atoms with Crippen LogP contribution in [0.4, 0.5) is 25.0 Å². The second-order valence-electron chi connectivity index (χ2n) is 10.1. The quantitative estimate of drug-likeness (QED) is 0.347. The molecule has 38 heavy (non-hydrogen) atoms. The van der Waals surface area contributed by atoms with Crippen molar-refractivity contribution in [1.82, 2.24) is 5.32 Å². The lowest BCUT2D eigenvalue weighted by atomic mass is 9.97. The largest absolute Gasteiger partial charge is 0.326 e. The number of nitrogens with one attached hydrogen (secondary N) is 2. The summed E-state index contributed by atoms with van der Waals surface area (Å²) in [5.74, 6) is -1.48. The number of nitrogens with zero attached hydrogens (tertiary/aromatic N) is 1. The average molecular weight is 558 g/mol. The van der Waals surface area contributed by atoms with E-state index in [-0.39, 0.29) is 22.5 Å². The van der Waals surface area contributed by atoms with Gasteiger partial charge in [-0.3, -0.25) is 4.79 Å². The zero-order valence-electron chi connectivity index (χ0n) is 20.9. The highest BCUT2D eigenvalue weighted by molar-refractivity contribution is 7.70. The Morgan fingerprint density at radius 3 is 2.45 bits per heavy atom. The molecule has 2 N–H and O–H groups in total. The minimum absolute atomic E-state index is 0.0110. The number of carbonyl (C=O) groups is 2. The number of rotatable bonds is 6. The highest BCUT2D eigenvalue weighted by Crippen LogP contribution is 2.49. The van der Waals surface area contributed by atoms with Crippen LogP contribution in [-0.4, -0.2) is 37.9 Å². The van der Waals surface area contributed by atoms with E-state index >= 15 is 4.39 Å². The lowest BCUT2D eigenvalue weighted by Gasteiger charge is -2.23. The fourth-order valence-electron chi connectivity index (χ4n) is 4.92. The van der Waals surface area contributed by atoms with Crippen LogP contribution < -0.4 is 20.8 Å². The Hall–Kier alpha value is -3.22. The van der Waals surface area contributed by atoms with E-state index in [1.165, 1.54) is 17.0 Å². The van der Waals surface area contributed by atoms with Gasteiger partial charge >= 0.3 is 6.03 Å². The summed E-state index contributed by atoms with van der Waals surface area (Å²) >= 11 is 5.75. The molecule has 0 spiro atoms. The molecule has 10 heteroatoms. The van der Waals surface area contributed by atoms with Crippen molar-refractivity contribution >= 4 is 47.4 Å². The summed E-state index contributed by atoms with van der Waals surface area (Å²) in [4.78, 5) is 27.3. The summed E-state index contributed by atoms with van der Waals surface area (Å²) in [5.41, 5.74) is 1.85. The van der Waals surface area contributed by atoms with Crippen LogP contribution in [0.2, 0.25) is 5.02 Å². The number of hydrogen-bond donors (Lipinski definition) is 2. The van der Waals surface area contributed by atoms with Crippen LogP contribution in [0.15, 0.2) is 54.6 Å². The van der Waals surface area contributed by atoms with Gasteiger partial charge in [0.05, 0.1) is 11.4 Å². The van der Waals surface area contributed by atoms with Crippen molar-refractivity contribution in [2.24, 2.45) is 0 Å². The number of benzene rings is 3. The van der Waals surface area contributed by atoms with Crippen LogP contribution in [0.25, 0.3) is 11.1 Å². The molecule has 6 nitrogen and oxygen atoms in total. The van der Waals surface area contributed by atoms with E-state index < -0.39 is 30.8 Å². The van der Waals surface area contributed by atoms with E-state index in [1.807, 2.05) is 0 Å². The van der Waals surface area contributed by atoms with Gasteiger partial charge in [-0.05, 0) is 74.4 Å². The number of carbonyl (C=O) groups excluding carboxylic acids is 2. The van der Waals surface area contributed by atoms with Crippen molar-refractivity contribution in [3.8, 4) is 11.1 Å². The number of anilines is 2. The predicted molar refractivity (Wildman–Crippen MR) is 147 cm³/mol. The fraction of sp³-hybridized carbons (Fsp3) is 0.286. The zero-order valence-corrected chi connectivity index (χ0v) is 22.6. The van der Waals surface area contributed by atoms with Gasteiger partial charge in [0, 0.05) is 28.0 Å². The molecule has 3 aromatic carbocycles. The smallest absolute Gasteiger partial charge is 0.319 e. The Kier molecular flexibility index (Phi) is 7.05. The molecule has 2 aliphatic rings. The Morgan fingerprint density at radius 2 is 1.76 bits per heavy atom. The maximum atomic E-state index is 16.1. The predicted octanol–water partition coefficient (Wildman–Crippen LogP) is 6.34. The highest BCUT2D eigenvalue weighted by atomic mass is 35.5. The molecule has 0 radical (unpaired) electrons. The van der Waals surface area contributed by atoms with Crippen molar-refractivity contribution in [3.63, 3.8) is 0 Å². The Bertz CT molecular complexity index is 1490. The molecule has 0 unspecified atom stereocenters. The summed E-state index contributed by atoms with van der Waals surface area (Å²) < 4.78 is 43.1. The molecule has 3 aromatic rings. The maximum absolute atomic E-state index is 16.1. The van der Waals surface area contributed by atoms with Crippen molar-refractivity contribution in [2.75, 3.05) is 30.1 Å². The van der Waals surface area contributed by atoms with Crippen LogP contribution in [0.5, 0.6) is 0 Å². The standard InChI is InChI=1S/C28H27ClF2N3O3P/c1-38(2,37)24-6-4-3-5-18(24)19-10-12-23(25(26(19)31)16-7-8-16)34-14-13-22(27(34)35)33-28(36)32-21-11-9-17(29)15-20(21)30/h3-6,9-12,15-16,22H,7-8,13-14H2,1-2H3,(H2,32,33,36)/t22-/m1/s1. The van der Waals surface area contributed by atoms with Gasteiger partial charge in [-0.2, -0.15) is 0 Å². The minimum Gasteiger partial charge on any atom is -0.326 e. The molecule has 1 saturated carbocycles. The molecule has 5 rings (SSSR count). The third kappa shape index (κ3) is 5.20. The van der Waals surface area contributed by atoms with Crippen LogP contribution >= 0.6 is 18.7 Å². The van der Waals surface area contributed by atoms with Gasteiger partial charge in [-0.15, -0.1) is 0 Å². The van der Waals surface area contributed by atoms with E-state index in [9.17, 15) is 18.5 Å². The second-order valence-corrected chi connectivity index (χ2v) is 13.7. The molecule has 0 bridgehead atoms. The Balaban J connectivity index is 1.40. The molecule has 1 aliphatic heterocycles. The molecule has 0 aromatic heterocycles. The van der Waals surface area contributed by atoms with Gasteiger partial charge in [-0.25, -0.2) is 13.6 Å². The molecule has 2 fully saturated rings. The number of amides is 3. The van der Waals surface area contributed by atoms with Gasteiger partial charge in [0.2, 0.25) is 5.91 Å². The van der Waals surface area contributed by atoms with Gasteiger partial charge in [0.25, 0.3) is 0 Å². The van der Waals surface area contributed by atoms with Crippen molar-refractivity contribution in [3.05, 3.63) is 76.8 Å². The van der Waals surface area contributed by atoms with Crippen LogP contribution in [-0.2, 0) is 9.36 Å². The Labute approximate surface area is 224 Å². The van der Waals surface area contributed by atoms with E-state index in [1.54, 1.807) is 49.7 Å². The topological polar surface area (TPSA) is 78.5 Å². The molecule has 1 heterocycles. The SMILES string of the molecule is CP(C)(=O)c1ccccc1-c1ccc(N2CC[C@@H](NC(=O)Nc3ccc(Cl)cc3F)C2=O)c(C2CC2)c1F. The van der Waals surface area contributed by atoms with Gasteiger partial charge in [0.15, 0.2) is 0 Å². The summed E-state index contributed by atoms with van der Waals surface area (Å²) in [6, 6.07) is 12.8. The molecule has 1 aliphatic carbocycles. The monoisotopic (exact) mass is 557 g/mol. The summed E-state index contributed by atoms with van der Waals surface area (Å²) in [7, 11) is -2.67. The van der Waals surface area contributed by atoms with Crippen LogP contribution in [0.1, 0.15) is 30.7 Å². The summed E-state index contributed by atoms with van der Waals surface area (Å²) in [6.07, 6.45) is 1.95. The van der Waals surface area contributed by atoms with E-state index in [0.29, 0.717) is 40.6 Å². The average Bonchev–Trinajstić information content (AvgIpc) is 3.64. The van der Waals surface area contributed by atoms with E-state index in [4.69, 9.17) is 11.6 Å². The Morgan fingerprint density at radius 1 is 1.03 bits per heavy atom. The first kappa shape index (κ1) is 26.4. The van der Waals surface area contributed by atoms with Crippen LogP contribution in [0.3, 0.4) is 0 Å². The van der Waals surface area contributed by atoms with E-state index in [2.05, 4.69) is 10.6 Å². The first-order chi connectivity index (χ1) is 18.0. The van der Waals surface area contributed by atoms with Crippen molar-refractivity contribution in [1.29, 1.82) is 0 Å². The molecular formula is C28H27ClF2N3O3P. The zero-order chi connectivity index (χ0) is 27.2. The molecular weight excluding hydrogens is 531 g/mol. The van der Waals surface area contributed by atoms with Crippen molar-refractivity contribution in [2.45, 2.75) is 31.2 Å². The summed E-state index contributed by atoms with van der Waals surface area (Å²) in [6.45, 7) is 3.62. The first-order valence-electron chi connectivity index (χ1n) is 12.4. The van der Waals surface area contributed by atoms with Gasteiger partial charge in [-0.1, -0.05) is 35.9 Å². The minimum atomic E-state index is -2.67. The second kappa shape index (κ2) is 10.2. The third-order valence-corrected chi connectivity index (χ3v) is 8.68. The summed E-state index contributed by atoms with van der Waals surface area (Å²) in [5, 5.41) is 5.79. The lowest BCUT2D eigenvalue weighted by Crippen LogP contribution is -2.43. The number of hydrogen-bond acceptors (Lipinski definition) is 3. The molecule has 1 atom stereocenters. The van der Waals surface area contributed by atoms with Crippen molar-refractivity contribution < 1.29 is 22.9 Å². The molecule has 3 amide bonds. The highest BCUT2D eigenvalue weighted by Gasteiger charge is 2.39. The number of halogens is 3. The fourth-order valence-corrected chi connectivity index (χ4v) is 6.30. The lowest BCUT2D eigenvalue weighted by molar-refractivity contribution is -0.118. The third-order valence-electron chi connectivity index (χ3n) is 6.90. The number of urea groups is 1. The normalized spacial score (nSPS) is 17.6. The van der Waals surface area contributed by atoms with Crippen LogP contribution in [0, 0.1) is 11.6 Å². The van der Waals surface area contributed by atoms with E-state index in [0.717, 1.165) is 18.9 Å². The maximum Gasteiger partial charge on any atom is 0.319 e.